The fourth-order valence-electron chi connectivity index (χ4n) is 2.79. The summed E-state index contributed by atoms with van der Waals surface area (Å²) in [6, 6.07) is 19.1. The molecule has 182 valence electrons. The Labute approximate surface area is 205 Å². The zero-order chi connectivity index (χ0) is 25.3. The molecular weight excluding hydrogens is 430 g/mol. The highest BCUT2D eigenvalue weighted by Crippen LogP contribution is 2.29. The van der Waals surface area contributed by atoms with E-state index in [9.17, 15) is 4.79 Å². The highest BCUT2D eigenvalue weighted by molar-refractivity contribution is 7.97. The minimum Gasteiger partial charge on any atom is -0.462 e. The number of nitrogens with one attached hydrogen (secondary N) is 1. The fraction of sp³-hybridized carbons (Fsp3) is 0.481. The summed E-state index contributed by atoms with van der Waals surface area (Å²) < 4.78 is 6.96. The van der Waals surface area contributed by atoms with E-state index < -0.39 is 0 Å². The lowest BCUT2D eigenvalue weighted by Crippen LogP contribution is -2.27. The molecule has 1 aliphatic rings. The maximum absolute atomic E-state index is 9.60. The van der Waals surface area contributed by atoms with Crippen LogP contribution >= 0.6 is 11.9 Å². The van der Waals surface area contributed by atoms with Gasteiger partial charge in [-0.05, 0) is 81.6 Å². The first-order chi connectivity index (χ1) is 15.8. The van der Waals surface area contributed by atoms with Gasteiger partial charge in [-0.25, -0.2) is 4.31 Å². The number of benzene rings is 2. The van der Waals surface area contributed by atoms with Crippen LogP contribution in [0, 0.1) is 11.3 Å². The number of hydrogen-bond acceptors (Lipinski definition) is 6. The average Bonchev–Trinajstić information content (AvgIpc) is 3.29. The largest absolute Gasteiger partial charge is 0.462 e. The number of likely N-dealkylation sites (N-methyl/N-ethyl adjacent to an activating group) is 1. The van der Waals surface area contributed by atoms with Crippen LogP contribution in [0.2, 0.25) is 0 Å². The van der Waals surface area contributed by atoms with E-state index in [0.717, 1.165) is 18.7 Å². The number of nitriles is 1. The number of carbonyl (C=O) groups excluding carboxylic acids is 1. The first-order valence-corrected chi connectivity index (χ1v) is 12.4. The summed E-state index contributed by atoms with van der Waals surface area (Å²) >= 11 is 1.83. The lowest BCUT2D eigenvalue weighted by Gasteiger charge is -2.14. The van der Waals surface area contributed by atoms with E-state index in [1.807, 2.05) is 91.7 Å². The van der Waals surface area contributed by atoms with Crippen LogP contribution in [0.4, 0.5) is 0 Å². The van der Waals surface area contributed by atoms with Gasteiger partial charge in [-0.3, -0.25) is 4.79 Å². The van der Waals surface area contributed by atoms with Crippen molar-refractivity contribution in [3.8, 4) is 17.2 Å². The van der Waals surface area contributed by atoms with E-state index in [1.54, 1.807) is 0 Å². The molecule has 0 amide bonds. The monoisotopic (exact) mass is 471 g/mol. The Morgan fingerprint density at radius 2 is 1.55 bits per heavy atom. The van der Waals surface area contributed by atoms with Crippen molar-refractivity contribution in [2.75, 3.05) is 20.1 Å². The lowest BCUT2D eigenvalue weighted by atomic mass is 10.0. The van der Waals surface area contributed by atoms with Gasteiger partial charge in [0.15, 0.2) is 0 Å². The molecule has 6 heteroatoms. The Morgan fingerprint density at radius 1 is 1.03 bits per heavy atom. The van der Waals surface area contributed by atoms with Gasteiger partial charge in [0.1, 0.15) is 5.60 Å². The Bertz CT molecular complexity index is 809. The molecule has 1 atom stereocenters. The van der Waals surface area contributed by atoms with Crippen molar-refractivity contribution in [3.63, 3.8) is 0 Å². The molecule has 1 aliphatic heterocycles. The molecule has 1 N–H and O–H groups in total. The van der Waals surface area contributed by atoms with Crippen molar-refractivity contribution in [1.82, 2.24) is 9.62 Å². The quantitative estimate of drug-likeness (QED) is 0.395. The molecule has 0 radical (unpaired) electrons. The molecule has 3 rings (SSSR count). The Hall–Kier alpha value is -2.33. The molecule has 0 bridgehead atoms. The van der Waals surface area contributed by atoms with Gasteiger partial charge in [0.05, 0.1) is 11.6 Å². The predicted molar refractivity (Wildman–Crippen MR) is 141 cm³/mol. The van der Waals surface area contributed by atoms with Gasteiger partial charge in [0, 0.05) is 24.0 Å². The van der Waals surface area contributed by atoms with Crippen molar-refractivity contribution in [3.05, 3.63) is 54.1 Å². The van der Waals surface area contributed by atoms with Gasteiger partial charge in [-0.2, -0.15) is 5.26 Å². The molecule has 0 spiro atoms. The van der Waals surface area contributed by atoms with E-state index in [0.29, 0.717) is 18.1 Å². The normalized spacial score (nSPS) is 14.8. The van der Waals surface area contributed by atoms with Gasteiger partial charge in [-0.1, -0.05) is 52.0 Å². The molecule has 2 aromatic rings. The van der Waals surface area contributed by atoms with Crippen LogP contribution in [0.5, 0.6) is 0 Å². The molecule has 2 aromatic carbocycles. The smallest absolute Gasteiger partial charge is 0.293 e. The molecule has 1 heterocycles. The van der Waals surface area contributed by atoms with Crippen molar-refractivity contribution >= 4 is 18.4 Å². The van der Waals surface area contributed by atoms with Crippen LogP contribution < -0.4 is 5.32 Å². The standard InChI is InChI=1S/C18H19N3S.C5H10O2.2C2H6/c1-20-17-10-11-21(13-17)22-18-8-6-16(7-9-18)15-4-2-14(12-19)3-5-15;1-5(2,3)7-4-6;2*1-2/h2-9,17,20H,10-11,13H2,1H3;4H,1-3H3;2*1-2H3. The first kappa shape index (κ1) is 30.7. The van der Waals surface area contributed by atoms with Crippen LogP contribution in [0.15, 0.2) is 53.4 Å². The lowest BCUT2D eigenvalue weighted by molar-refractivity contribution is -0.138. The molecule has 0 saturated carbocycles. The van der Waals surface area contributed by atoms with Crippen LogP contribution in [-0.2, 0) is 9.53 Å². The summed E-state index contributed by atoms with van der Waals surface area (Å²) in [5, 5.41) is 12.2. The molecular formula is C27H41N3O2S. The SMILES string of the molecule is CC.CC.CC(C)(C)OC=O.CNC1CCN(Sc2ccc(-c3ccc(C#N)cc3)cc2)C1. The molecule has 0 aromatic heterocycles. The van der Waals surface area contributed by atoms with Crippen LogP contribution in [0.3, 0.4) is 0 Å². The second kappa shape index (κ2) is 17.2. The highest BCUT2D eigenvalue weighted by Gasteiger charge is 2.21. The molecule has 1 unspecified atom stereocenters. The van der Waals surface area contributed by atoms with Crippen LogP contribution in [0.1, 0.15) is 60.5 Å². The van der Waals surface area contributed by atoms with E-state index in [4.69, 9.17) is 5.26 Å². The Morgan fingerprint density at radius 3 is 1.91 bits per heavy atom. The van der Waals surface area contributed by atoms with Gasteiger partial charge >= 0.3 is 0 Å². The summed E-state index contributed by atoms with van der Waals surface area (Å²) in [5.41, 5.74) is 2.71. The number of ether oxygens (including phenoxy) is 1. The topological polar surface area (TPSA) is 65.4 Å². The van der Waals surface area contributed by atoms with Crippen LogP contribution in [-0.4, -0.2) is 42.6 Å². The van der Waals surface area contributed by atoms with Crippen molar-refractivity contribution in [2.45, 2.75) is 71.4 Å². The highest BCUT2D eigenvalue weighted by atomic mass is 32.2. The fourth-order valence-corrected chi connectivity index (χ4v) is 3.79. The maximum atomic E-state index is 9.60. The first-order valence-electron chi connectivity index (χ1n) is 11.7. The van der Waals surface area contributed by atoms with E-state index in [1.165, 1.54) is 16.9 Å². The Balaban J connectivity index is 0.000000793. The molecule has 1 saturated heterocycles. The second-order valence-corrected chi connectivity index (χ2v) is 8.96. The zero-order valence-electron chi connectivity index (χ0n) is 21.5. The van der Waals surface area contributed by atoms with Gasteiger partial charge < -0.3 is 10.1 Å². The van der Waals surface area contributed by atoms with Crippen molar-refractivity contribution in [1.29, 1.82) is 5.26 Å². The number of hydrogen-bond donors (Lipinski definition) is 1. The van der Waals surface area contributed by atoms with Gasteiger partial charge in [0.2, 0.25) is 0 Å². The molecule has 5 nitrogen and oxygen atoms in total. The summed E-state index contributed by atoms with van der Waals surface area (Å²) in [7, 11) is 2.03. The minimum atomic E-state index is -0.318. The zero-order valence-corrected chi connectivity index (χ0v) is 22.3. The summed E-state index contributed by atoms with van der Waals surface area (Å²) in [4.78, 5) is 10.9. The Kier molecular flexibility index (Phi) is 16.0. The van der Waals surface area contributed by atoms with Gasteiger partial charge in [0.25, 0.3) is 6.47 Å². The summed E-state index contributed by atoms with van der Waals surface area (Å²) in [6.45, 7) is 16.1. The number of nitrogens with zero attached hydrogens (tertiary/aromatic N) is 2. The van der Waals surface area contributed by atoms with Crippen molar-refractivity contribution < 1.29 is 9.53 Å². The minimum absolute atomic E-state index is 0.318. The third-order valence-corrected chi connectivity index (χ3v) is 5.47. The summed E-state index contributed by atoms with van der Waals surface area (Å²) in [5.74, 6) is 0. The number of rotatable bonds is 5. The van der Waals surface area contributed by atoms with E-state index in [2.05, 4.69) is 44.7 Å². The predicted octanol–water partition coefficient (Wildman–Crippen LogP) is 6.54. The molecule has 33 heavy (non-hydrogen) atoms. The third-order valence-electron chi connectivity index (χ3n) is 4.40. The van der Waals surface area contributed by atoms with E-state index >= 15 is 0 Å². The second-order valence-electron chi connectivity index (χ2n) is 7.79. The third kappa shape index (κ3) is 12.5. The maximum Gasteiger partial charge on any atom is 0.293 e. The molecule has 1 fully saturated rings. The van der Waals surface area contributed by atoms with Crippen LogP contribution in [0.25, 0.3) is 11.1 Å². The van der Waals surface area contributed by atoms with E-state index in [-0.39, 0.29) is 5.60 Å². The van der Waals surface area contributed by atoms with Crippen molar-refractivity contribution in [2.24, 2.45) is 0 Å². The van der Waals surface area contributed by atoms with Gasteiger partial charge in [-0.15, -0.1) is 0 Å². The summed E-state index contributed by atoms with van der Waals surface area (Å²) in [6.07, 6.45) is 1.22. The molecule has 0 aliphatic carbocycles. The average molecular weight is 472 g/mol. The number of carbonyl (C=O) groups is 1.